The topological polar surface area (TPSA) is 51.3 Å². The number of ketones is 1. The van der Waals surface area contributed by atoms with Gasteiger partial charge in [0.1, 0.15) is 5.60 Å². The molecule has 3 aliphatic carbocycles. The van der Waals surface area contributed by atoms with E-state index in [0.29, 0.717) is 5.92 Å². The van der Waals surface area contributed by atoms with Crippen LogP contribution in [0.15, 0.2) is 36.4 Å². The zero-order valence-corrected chi connectivity index (χ0v) is 20.1. The number of hydrogen-bond donors (Lipinski definition) is 1. The molecule has 3 fully saturated rings. The molecule has 1 N–H and O–H groups in total. The van der Waals surface area contributed by atoms with Gasteiger partial charge < -0.3 is 14.5 Å². The Morgan fingerprint density at radius 2 is 1.97 bits per heavy atom. The van der Waals surface area contributed by atoms with E-state index in [1.165, 1.54) is 27.7 Å². The van der Waals surface area contributed by atoms with Crippen molar-refractivity contribution in [3.63, 3.8) is 0 Å². The molecule has 5 aliphatic rings. The minimum Gasteiger partial charge on any atom is -0.358 e. The van der Waals surface area contributed by atoms with E-state index >= 15 is 0 Å². The molecule has 7 rings (SSSR count). The van der Waals surface area contributed by atoms with Crippen LogP contribution in [0.5, 0.6) is 0 Å². The van der Waals surface area contributed by atoms with Crippen molar-refractivity contribution in [2.24, 2.45) is 17.3 Å². The van der Waals surface area contributed by atoms with Crippen molar-refractivity contribution in [1.82, 2.24) is 4.98 Å². The van der Waals surface area contributed by atoms with Gasteiger partial charge in [-0.1, -0.05) is 32.6 Å². The molecule has 6 atom stereocenters. The van der Waals surface area contributed by atoms with Crippen LogP contribution in [-0.4, -0.2) is 28.3 Å². The van der Waals surface area contributed by atoms with Gasteiger partial charge in [0.2, 0.25) is 0 Å². The summed E-state index contributed by atoms with van der Waals surface area (Å²) in [6, 6.07) is 6.63. The van der Waals surface area contributed by atoms with E-state index in [9.17, 15) is 4.79 Å². The molecule has 172 valence electrons. The van der Waals surface area contributed by atoms with Crippen molar-refractivity contribution in [3.05, 3.63) is 53.2 Å². The number of fused-ring (bicyclic) bond motifs is 9. The van der Waals surface area contributed by atoms with E-state index in [-0.39, 0.29) is 22.5 Å². The molecule has 2 aromatic rings. The summed E-state index contributed by atoms with van der Waals surface area (Å²) in [5.41, 5.74) is 5.90. The normalized spacial score (nSPS) is 42.4. The first-order valence-corrected chi connectivity index (χ1v) is 12.5. The molecular formula is C29H33NO3. The Kier molecular flexibility index (Phi) is 3.62. The largest absolute Gasteiger partial charge is 0.358 e. The summed E-state index contributed by atoms with van der Waals surface area (Å²) in [6.07, 6.45) is 8.60. The third kappa shape index (κ3) is 2.18. The molecule has 2 saturated carbocycles. The van der Waals surface area contributed by atoms with Gasteiger partial charge in [-0.15, -0.1) is 0 Å². The molecule has 1 spiro atoms. The maximum Gasteiger partial charge on any atom is 0.193 e. The number of nitrogens with one attached hydrogen (secondary N) is 1. The van der Waals surface area contributed by atoms with Gasteiger partial charge in [0.25, 0.3) is 0 Å². The van der Waals surface area contributed by atoms with Gasteiger partial charge in [-0.25, -0.2) is 0 Å². The zero-order chi connectivity index (χ0) is 23.0. The Morgan fingerprint density at radius 1 is 1.15 bits per heavy atom. The molecule has 33 heavy (non-hydrogen) atoms. The van der Waals surface area contributed by atoms with Crippen LogP contribution in [0.4, 0.5) is 0 Å². The monoisotopic (exact) mass is 443 g/mol. The summed E-state index contributed by atoms with van der Waals surface area (Å²) in [5, 5.41) is 1.35. The second kappa shape index (κ2) is 5.90. The van der Waals surface area contributed by atoms with Gasteiger partial charge in [0.05, 0.1) is 0 Å². The quantitative estimate of drug-likeness (QED) is 0.601. The Bertz CT molecular complexity index is 1280. The summed E-state index contributed by atoms with van der Waals surface area (Å²) in [6.45, 7) is 12.9. The Balaban J connectivity index is 1.38. The van der Waals surface area contributed by atoms with Crippen LogP contribution >= 0.6 is 0 Å². The molecule has 2 aliphatic heterocycles. The van der Waals surface area contributed by atoms with Crippen molar-refractivity contribution in [2.45, 2.75) is 82.7 Å². The number of benzene rings is 1. The lowest BCUT2D eigenvalue weighted by molar-refractivity contribution is -0.205. The first-order chi connectivity index (χ1) is 15.6. The lowest BCUT2D eigenvalue weighted by Gasteiger charge is -2.61. The van der Waals surface area contributed by atoms with Crippen molar-refractivity contribution >= 4 is 22.8 Å². The third-order valence-corrected chi connectivity index (χ3v) is 10.4. The molecule has 3 heterocycles. The lowest BCUT2D eigenvalue weighted by Crippen LogP contribution is -2.60. The minimum atomic E-state index is -0.712. The maximum atomic E-state index is 13.1. The summed E-state index contributed by atoms with van der Waals surface area (Å²) in [5.74, 6) is 0.262. The second-order valence-corrected chi connectivity index (χ2v) is 12.1. The van der Waals surface area contributed by atoms with Crippen LogP contribution in [-0.2, 0) is 26.1 Å². The fourth-order valence-corrected chi connectivity index (χ4v) is 8.57. The van der Waals surface area contributed by atoms with Gasteiger partial charge in [0, 0.05) is 28.4 Å². The van der Waals surface area contributed by atoms with E-state index in [2.05, 4.69) is 43.6 Å². The molecule has 0 radical (unpaired) electrons. The maximum absolute atomic E-state index is 13.1. The molecule has 4 nitrogen and oxygen atoms in total. The molecule has 5 unspecified atom stereocenters. The SMILES string of the molecule is C=Cc1ccc2[nH]c3c(c2c1)CC1CCC2C4=CC(=O)C5OC4(CCC2(C)[C@@]31C)OC5(C)C. The Morgan fingerprint density at radius 3 is 2.76 bits per heavy atom. The molecule has 0 amide bonds. The van der Waals surface area contributed by atoms with Gasteiger partial charge in [-0.3, -0.25) is 4.79 Å². The van der Waals surface area contributed by atoms with Crippen molar-refractivity contribution in [3.8, 4) is 0 Å². The number of hydrogen-bond acceptors (Lipinski definition) is 3. The van der Waals surface area contributed by atoms with Crippen LogP contribution in [0, 0.1) is 17.3 Å². The summed E-state index contributed by atoms with van der Waals surface area (Å²) in [7, 11) is 0. The molecule has 2 bridgehead atoms. The Labute approximate surface area is 195 Å². The highest BCUT2D eigenvalue weighted by molar-refractivity contribution is 5.97. The zero-order valence-electron chi connectivity index (χ0n) is 20.1. The molecule has 1 aromatic carbocycles. The average molecular weight is 444 g/mol. The number of rotatable bonds is 1. The van der Waals surface area contributed by atoms with Crippen LogP contribution in [0.3, 0.4) is 0 Å². The van der Waals surface area contributed by atoms with Crippen LogP contribution < -0.4 is 0 Å². The highest BCUT2D eigenvalue weighted by Gasteiger charge is 2.69. The molecular weight excluding hydrogens is 410 g/mol. The van der Waals surface area contributed by atoms with Gasteiger partial charge in [-0.2, -0.15) is 0 Å². The number of aromatic nitrogens is 1. The van der Waals surface area contributed by atoms with Crippen LogP contribution in [0.2, 0.25) is 0 Å². The van der Waals surface area contributed by atoms with Crippen LogP contribution in [0.1, 0.15) is 70.2 Å². The molecule has 4 heteroatoms. The molecule has 1 aromatic heterocycles. The Hall–Kier alpha value is -2.17. The fraction of sp³-hybridized carbons (Fsp3) is 0.552. The van der Waals surface area contributed by atoms with Crippen molar-refractivity contribution < 1.29 is 14.3 Å². The fourth-order valence-electron chi connectivity index (χ4n) is 8.57. The number of aromatic amines is 1. The first-order valence-electron chi connectivity index (χ1n) is 12.5. The van der Waals surface area contributed by atoms with Gasteiger partial charge in [-0.05, 0) is 91.7 Å². The third-order valence-electron chi connectivity index (χ3n) is 10.4. The minimum absolute atomic E-state index is 0.0229. The number of H-pyrrole nitrogens is 1. The molecule has 1 saturated heterocycles. The van der Waals surface area contributed by atoms with E-state index in [4.69, 9.17) is 9.47 Å². The lowest BCUT2D eigenvalue weighted by atomic mass is 9.44. The summed E-state index contributed by atoms with van der Waals surface area (Å²) >= 11 is 0. The predicted molar refractivity (Wildman–Crippen MR) is 129 cm³/mol. The van der Waals surface area contributed by atoms with Crippen molar-refractivity contribution in [1.29, 1.82) is 0 Å². The van der Waals surface area contributed by atoms with E-state index in [1.807, 2.05) is 26.0 Å². The van der Waals surface area contributed by atoms with Gasteiger partial charge in [0.15, 0.2) is 17.7 Å². The smallest absolute Gasteiger partial charge is 0.193 e. The van der Waals surface area contributed by atoms with E-state index < -0.39 is 17.5 Å². The standard InChI is InChI=1S/C29H33NO3/c1-6-16-7-10-22-18(13-16)19-14-17-8-9-20-21-15-23(31)25-26(2,3)33-29(21,32-25)12-11-27(20,4)28(17,5)24(19)30-22/h6-7,10,13,15,17,20,25,30H,1,8-9,11-12,14H2,2-5H3/t17?,20?,25?,27?,28-,29?/m1/s1. The van der Waals surface area contributed by atoms with E-state index in [0.717, 1.165) is 37.7 Å². The highest BCUT2D eigenvalue weighted by Crippen LogP contribution is 2.70. The number of carbonyl (C=O) groups is 1. The highest BCUT2D eigenvalue weighted by atomic mass is 16.8. The summed E-state index contributed by atoms with van der Waals surface area (Å²) in [4.78, 5) is 17.0. The average Bonchev–Trinajstić information content (AvgIpc) is 3.36. The van der Waals surface area contributed by atoms with E-state index in [1.54, 1.807) is 0 Å². The van der Waals surface area contributed by atoms with Crippen LogP contribution in [0.25, 0.3) is 17.0 Å². The predicted octanol–water partition coefficient (Wildman–Crippen LogP) is 5.85. The second-order valence-electron chi connectivity index (χ2n) is 12.1. The first kappa shape index (κ1) is 20.2. The van der Waals surface area contributed by atoms with Gasteiger partial charge >= 0.3 is 0 Å². The number of carbonyl (C=O) groups excluding carboxylic acids is 1. The summed E-state index contributed by atoms with van der Waals surface area (Å²) < 4.78 is 13.0. The van der Waals surface area contributed by atoms with Crippen molar-refractivity contribution in [2.75, 3.05) is 0 Å². The number of ether oxygens (including phenoxy) is 2.